The largest absolute Gasteiger partial charge is 0.281 e. The molecule has 0 radical (unpaired) electrons. The first-order chi connectivity index (χ1) is 8.78. The van der Waals surface area contributed by atoms with Gasteiger partial charge in [-0.1, -0.05) is 0 Å². The number of aryl methyl sites for hydroxylation is 1. The summed E-state index contributed by atoms with van der Waals surface area (Å²) in [6.45, 7) is 1.60. The molecule has 1 aromatic rings. The van der Waals surface area contributed by atoms with Gasteiger partial charge in [0.15, 0.2) is 14.9 Å². The zero-order chi connectivity index (χ0) is 14.3. The van der Waals surface area contributed by atoms with Crippen molar-refractivity contribution in [2.75, 3.05) is 24.6 Å². The van der Waals surface area contributed by atoms with Crippen molar-refractivity contribution in [1.82, 2.24) is 14.5 Å². The van der Waals surface area contributed by atoms with Gasteiger partial charge in [-0.3, -0.25) is 5.10 Å². The summed E-state index contributed by atoms with van der Waals surface area (Å²) < 4.78 is 48.5. The van der Waals surface area contributed by atoms with Gasteiger partial charge in [-0.15, -0.1) is 11.6 Å². The normalized spacial score (nSPS) is 20.5. The molecule has 0 spiro atoms. The highest BCUT2D eigenvalue weighted by Gasteiger charge is 2.34. The Morgan fingerprint density at radius 3 is 2.47 bits per heavy atom. The van der Waals surface area contributed by atoms with Crippen molar-refractivity contribution in [1.29, 1.82) is 0 Å². The molecule has 0 aliphatic carbocycles. The molecule has 2 rings (SSSR count). The number of H-pyrrole nitrogens is 1. The summed E-state index contributed by atoms with van der Waals surface area (Å²) in [5.74, 6) is -0.291. The number of aromatic nitrogens is 2. The van der Waals surface area contributed by atoms with Crippen LogP contribution < -0.4 is 0 Å². The van der Waals surface area contributed by atoms with Crippen LogP contribution in [0.2, 0.25) is 0 Å². The standard InChI is InChI=1S/C9H14ClN3O4S2/c1-7-8(6-10)9(12-11-7)19(16,17)13-2-4-18(14,15)5-3-13/h2-6H2,1H3,(H,11,12). The third kappa shape index (κ3) is 2.78. The predicted octanol–water partition coefficient (Wildman–Crippen LogP) is -0.124. The summed E-state index contributed by atoms with van der Waals surface area (Å²) >= 11 is 5.73. The van der Waals surface area contributed by atoms with Crippen molar-refractivity contribution >= 4 is 31.5 Å². The van der Waals surface area contributed by atoms with E-state index in [1.54, 1.807) is 6.92 Å². The lowest BCUT2D eigenvalue weighted by Crippen LogP contribution is -2.43. The first kappa shape index (κ1) is 14.8. The second-order valence-corrected chi connectivity index (χ2v) is 8.75. The Morgan fingerprint density at radius 1 is 1.37 bits per heavy atom. The molecule has 108 valence electrons. The van der Waals surface area contributed by atoms with E-state index in [4.69, 9.17) is 11.6 Å². The lowest BCUT2D eigenvalue weighted by molar-refractivity contribution is 0.428. The van der Waals surface area contributed by atoms with E-state index in [1.807, 2.05) is 0 Å². The second-order valence-electron chi connectivity index (χ2n) is 4.32. The van der Waals surface area contributed by atoms with Crippen LogP contribution >= 0.6 is 11.6 Å². The summed E-state index contributed by atoms with van der Waals surface area (Å²) in [5.41, 5.74) is 1.02. The zero-order valence-electron chi connectivity index (χ0n) is 10.3. The number of sulfone groups is 1. The molecule has 0 amide bonds. The van der Waals surface area contributed by atoms with Gasteiger partial charge in [-0.25, -0.2) is 16.8 Å². The fourth-order valence-corrected chi connectivity index (χ4v) is 5.30. The van der Waals surface area contributed by atoms with Crippen LogP contribution in [-0.4, -0.2) is 55.9 Å². The number of nitrogens with one attached hydrogen (secondary N) is 1. The van der Waals surface area contributed by atoms with E-state index < -0.39 is 19.9 Å². The Morgan fingerprint density at radius 2 is 1.95 bits per heavy atom. The minimum Gasteiger partial charge on any atom is -0.281 e. The molecule has 0 bridgehead atoms. The molecular formula is C9H14ClN3O4S2. The quantitative estimate of drug-likeness (QED) is 0.780. The second kappa shape index (κ2) is 5.04. The van der Waals surface area contributed by atoms with Crippen LogP contribution in [0.25, 0.3) is 0 Å². The van der Waals surface area contributed by atoms with Gasteiger partial charge in [0.2, 0.25) is 0 Å². The number of alkyl halides is 1. The highest BCUT2D eigenvalue weighted by atomic mass is 35.5. The molecule has 0 atom stereocenters. The molecule has 1 aliphatic rings. The van der Waals surface area contributed by atoms with Crippen LogP contribution in [0, 0.1) is 6.92 Å². The number of nitrogens with zero attached hydrogens (tertiary/aromatic N) is 2. The highest BCUT2D eigenvalue weighted by molar-refractivity contribution is 7.92. The van der Waals surface area contributed by atoms with Crippen molar-refractivity contribution in [2.45, 2.75) is 17.8 Å². The van der Waals surface area contributed by atoms with Gasteiger partial charge in [0.1, 0.15) is 0 Å². The van der Waals surface area contributed by atoms with Gasteiger partial charge < -0.3 is 0 Å². The van der Waals surface area contributed by atoms with Crippen molar-refractivity contribution in [3.05, 3.63) is 11.3 Å². The van der Waals surface area contributed by atoms with Gasteiger partial charge in [0.25, 0.3) is 10.0 Å². The Labute approximate surface area is 116 Å². The van der Waals surface area contributed by atoms with Crippen LogP contribution in [0.15, 0.2) is 5.03 Å². The molecular weight excluding hydrogens is 314 g/mol. The molecule has 7 nitrogen and oxygen atoms in total. The first-order valence-electron chi connectivity index (χ1n) is 5.58. The molecule has 0 unspecified atom stereocenters. The van der Waals surface area contributed by atoms with Gasteiger partial charge in [-0.2, -0.15) is 9.40 Å². The smallest absolute Gasteiger partial charge is 0.262 e. The van der Waals surface area contributed by atoms with E-state index in [0.29, 0.717) is 11.3 Å². The number of aromatic amines is 1. The maximum atomic E-state index is 12.4. The van der Waals surface area contributed by atoms with Gasteiger partial charge >= 0.3 is 0 Å². The number of hydrogen-bond donors (Lipinski definition) is 1. The summed E-state index contributed by atoms with van der Waals surface area (Å²) in [7, 11) is -6.92. The van der Waals surface area contributed by atoms with E-state index in [1.165, 1.54) is 0 Å². The number of rotatable bonds is 3. The average Bonchev–Trinajstić information content (AvgIpc) is 2.70. The van der Waals surface area contributed by atoms with Gasteiger partial charge in [0.05, 0.1) is 17.4 Å². The third-order valence-corrected chi connectivity index (χ3v) is 6.81. The number of sulfonamides is 1. The molecule has 1 saturated heterocycles. The molecule has 1 N–H and O–H groups in total. The van der Waals surface area contributed by atoms with Gasteiger partial charge in [-0.05, 0) is 6.92 Å². The Balaban J connectivity index is 2.33. The summed E-state index contributed by atoms with van der Waals surface area (Å²) in [5, 5.41) is 6.26. The summed E-state index contributed by atoms with van der Waals surface area (Å²) in [6.07, 6.45) is 0. The number of halogens is 1. The van der Waals surface area contributed by atoms with Crippen molar-refractivity contribution in [3.63, 3.8) is 0 Å². The predicted molar refractivity (Wildman–Crippen MR) is 70.3 cm³/mol. The Bertz CT molecular complexity index is 666. The fourth-order valence-electron chi connectivity index (χ4n) is 1.86. The van der Waals surface area contributed by atoms with Crippen molar-refractivity contribution < 1.29 is 16.8 Å². The lowest BCUT2D eigenvalue weighted by atomic mass is 10.3. The first-order valence-corrected chi connectivity index (χ1v) is 9.38. The van der Waals surface area contributed by atoms with Crippen LogP contribution in [0.4, 0.5) is 0 Å². The molecule has 0 aromatic carbocycles. The van der Waals surface area contributed by atoms with E-state index in [-0.39, 0.29) is 35.5 Å². The molecule has 19 heavy (non-hydrogen) atoms. The van der Waals surface area contributed by atoms with Crippen LogP contribution in [-0.2, 0) is 25.7 Å². The SMILES string of the molecule is Cc1[nH]nc(S(=O)(=O)N2CCS(=O)(=O)CC2)c1CCl. The molecule has 1 aromatic heterocycles. The topological polar surface area (TPSA) is 100 Å². The van der Waals surface area contributed by atoms with Crippen LogP contribution in [0.3, 0.4) is 0 Å². The Hall–Kier alpha value is -0.640. The van der Waals surface area contributed by atoms with E-state index in [0.717, 1.165) is 4.31 Å². The lowest BCUT2D eigenvalue weighted by Gasteiger charge is -2.25. The van der Waals surface area contributed by atoms with Gasteiger partial charge in [0, 0.05) is 24.3 Å². The van der Waals surface area contributed by atoms with E-state index in [9.17, 15) is 16.8 Å². The molecule has 1 aliphatic heterocycles. The summed E-state index contributed by atoms with van der Waals surface area (Å²) in [6, 6.07) is 0. The maximum Gasteiger partial charge on any atom is 0.262 e. The van der Waals surface area contributed by atoms with Crippen LogP contribution in [0.5, 0.6) is 0 Å². The highest BCUT2D eigenvalue weighted by Crippen LogP contribution is 2.23. The van der Waals surface area contributed by atoms with Crippen LogP contribution in [0.1, 0.15) is 11.3 Å². The van der Waals surface area contributed by atoms with Crippen molar-refractivity contribution in [2.24, 2.45) is 0 Å². The minimum absolute atomic E-state index is 0.0308. The molecule has 1 fully saturated rings. The number of hydrogen-bond acceptors (Lipinski definition) is 5. The summed E-state index contributed by atoms with van der Waals surface area (Å²) in [4.78, 5) is 0. The fraction of sp³-hybridized carbons (Fsp3) is 0.667. The van der Waals surface area contributed by atoms with E-state index >= 15 is 0 Å². The molecule has 10 heteroatoms. The van der Waals surface area contributed by atoms with E-state index in [2.05, 4.69) is 10.2 Å². The monoisotopic (exact) mass is 327 g/mol. The molecule has 0 saturated carbocycles. The minimum atomic E-state index is -3.79. The average molecular weight is 328 g/mol. The Kier molecular flexibility index (Phi) is 3.92. The van der Waals surface area contributed by atoms with Crippen molar-refractivity contribution in [3.8, 4) is 0 Å². The zero-order valence-corrected chi connectivity index (χ0v) is 12.6. The third-order valence-electron chi connectivity index (χ3n) is 3.06. The molecule has 2 heterocycles. The maximum absolute atomic E-state index is 12.4.